The van der Waals surface area contributed by atoms with Crippen molar-refractivity contribution in [3.8, 4) is 22.5 Å². The van der Waals surface area contributed by atoms with Gasteiger partial charge in [-0.3, -0.25) is 0 Å². The second-order valence-corrected chi connectivity index (χ2v) is 7.84. The molecule has 0 radical (unpaired) electrons. The highest BCUT2D eigenvalue weighted by atomic mass is 16.5. The summed E-state index contributed by atoms with van der Waals surface area (Å²) in [4.78, 5) is 16.7. The summed E-state index contributed by atoms with van der Waals surface area (Å²) in [6.07, 6.45) is 0.763. The van der Waals surface area contributed by atoms with Gasteiger partial charge in [0.15, 0.2) is 11.3 Å². The van der Waals surface area contributed by atoms with Crippen LogP contribution in [0.5, 0.6) is 0 Å². The quantitative estimate of drug-likeness (QED) is 0.329. The molecule has 3 aromatic heterocycles. The Bertz CT molecular complexity index is 1460. The number of H-pyrrole nitrogens is 1. The topological polar surface area (TPSA) is 123 Å². The smallest absolute Gasteiger partial charge is 0.358 e. The van der Waals surface area contributed by atoms with Gasteiger partial charge in [-0.25, -0.2) is 9.78 Å². The van der Waals surface area contributed by atoms with Crippen molar-refractivity contribution in [3.05, 3.63) is 77.6 Å². The molecule has 2 N–H and O–H groups in total. The second kappa shape index (κ2) is 9.72. The minimum absolute atomic E-state index is 0.236. The lowest BCUT2D eigenvalue weighted by Crippen LogP contribution is -2.09. The molecule has 176 valence electrons. The standard InChI is InChI=1S/C25H24N8O2/c1-3-18-13-22(33-23(27-18)14-21(30-33)25(34)35-4-2)26-15-16-9-11-17(12-10-16)19-7-5-6-8-20(19)24-28-31-32-29-24/h5-14,26H,3-4,15H2,1-2H3,(H,28,29,31,32). The van der Waals surface area contributed by atoms with Gasteiger partial charge in [0, 0.05) is 29.9 Å². The molecule has 0 aliphatic heterocycles. The van der Waals surface area contributed by atoms with E-state index in [0.717, 1.165) is 40.2 Å². The van der Waals surface area contributed by atoms with Crippen LogP contribution >= 0.6 is 0 Å². The number of aromatic nitrogens is 7. The van der Waals surface area contributed by atoms with Crippen molar-refractivity contribution in [2.24, 2.45) is 0 Å². The van der Waals surface area contributed by atoms with Gasteiger partial charge < -0.3 is 10.1 Å². The van der Waals surface area contributed by atoms with Crippen molar-refractivity contribution in [3.63, 3.8) is 0 Å². The van der Waals surface area contributed by atoms with Gasteiger partial charge in [0.05, 0.1) is 6.61 Å². The monoisotopic (exact) mass is 468 g/mol. The van der Waals surface area contributed by atoms with E-state index in [1.54, 1.807) is 17.5 Å². The summed E-state index contributed by atoms with van der Waals surface area (Å²) < 4.78 is 6.73. The molecule has 3 heterocycles. The van der Waals surface area contributed by atoms with Gasteiger partial charge in [-0.15, -0.1) is 10.2 Å². The number of rotatable bonds is 8. The van der Waals surface area contributed by atoms with Crippen LogP contribution in [0.25, 0.3) is 28.2 Å². The molecule has 0 spiro atoms. The average molecular weight is 469 g/mol. The molecule has 0 amide bonds. The normalized spacial score (nSPS) is 11.0. The SMILES string of the molecule is CCOC(=O)c1cc2nc(CC)cc(NCc3ccc(-c4ccccc4-c4nn[nH]n4)cc3)n2n1. The molecule has 5 aromatic rings. The first-order chi connectivity index (χ1) is 17.2. The van der Waals surface area contributed by atoms with Crippen molar-refractivity contribution < 1.29 is 9.53 Å². The van der Waals surface area contributed by atoms with Crippen molar-refractivity contribution >= 4 is 17.4 Å². The van der Waals surface area contributed by atoms with Crippen LogP contribution in [0.15, 0.2) is 60.7 Å². The van der Waals surface area contributed by atoms with Gasteiger partial charge in [-0.2, -0.15) is 14.8 Å². The zero-order valence-electron chi connectivity index (χ0n) is 19.4. The van der Waals surface area contributed by atoms with E-state index in [1.807, 2.05) is 37.3 Å². The van der Waals surface area contributed by atoms with Crippen molar-refractivity contribution in [1.82, 2.24) is 35.2 Å². The predicted molar refractivity (Wildman–Crippen MR) is 131 cm³/mol. The summed E-state index contributed by atoms with van der Waals surface area (Å²) in [7, 11) is 0. The lowest BCUT2D eigenvalue weighted by Gasteiger charge is -2.11. The van der Waals surface area contributed by atoms with Crippen molar-refractivity contribution in [2.45, 2.75) is 26.8 Å². The predicted octanol–water partition coefficient (Wildman–Crippen LogP) is 3.93. The van der Waals surface area contributed by atoms with Gasteiger partial charge in [0.1, 0.15) is 5.82 Å². The molecule has 5 rings (SSSR count). The third-order valence-electron chi connectivity index (χ3n) is 5.58. The van der Waals surface area contributed by atoms with Gasteiger partial charge in [-0.1, -0.05) is 55.5 Å². The molecule has 0 fully saturated rings. The Morgan fingerprint density at radius 1 is 1.06 bits per heavy atom. The molecule has 0 unspecified atom stereocenters. The van der Waals surface area contributed by atoms with Crippen LogP contribution in [0.2, 0.25) is 0 Å². The van der Waals surface area contributed by atoms with Crippen molar-refractivity contribution in [2.75, 3.05) is 11.9 Å². The summed E-state index contributed by atoms with van der Waals surface area (Å²) in [6, 6.07) is 19.8. The number of fused-ring (bicyclic) bond motifs is 1. The molecule has 0 saturated heterocycles. The largest absolute Gasteiger partial charge is 0.461 e. The van der Waals surface area contributed by atoms with Crippen LogP contribution in [-0.2, 0) is 17.7 Å². The summed E-state index contributed by atoms with van der Waals surface area (Å²) >= 11 is 0. The zero-order valence-corrected chi connectivity index (χ0v) is 19.4. The number of esters is 1. The molecule has 10 nitrogen and oxygen atoms in total. The van der Waals surface area contributed by atoms with E-state index in [2.05, 4.69) is 60.3 Å². The van der Waals surface area contributed by atoms with Crippen LogP contribution in [0.3, 0.4) is 0 Å². The van der Waals surface area contributed by atoms with Gasteiger partial charge >= 0.3 is 5.97 Å². The lowest BCUT2D eigenvalue weighted by atomic mass is 9.98. The van der Waals surface area contributed by atoms with E-state index in [1.165, 1.54) is 0 Å². The number of aromatic amines is 1. The van der Waals surface area contributed by atoms with Crippen LogP contribution in [-0.4, -0.2) is 47.8 Å². The number of anilines is 1. The zero-order chi connectivity index (χ0) is 24.2. The second-order valence-electron chi connectivity index (χ2n) is 7.84. The Balaban J connectivity index is 1.38. The van der Waals surface area contributed by atoms with E-state index < -0.39 is 5.97 Å². The first kappa shape index (κ1) is 22.2. The molecule has 35 heavy (non-hydrogen) atoms. The number of benzene rings is 2. The third kappa shape index (κ3) is 4.58. The first-order valence-corrected chi connectivity index (χ1v) is 11.4. The molecule has 0 atom stereocenters. The van der Waals surface area contributed by atoms with Crippen LogP contribution in [0.4, 0.5) is 5.82 Å². The average Bonchev–Trinajstić information content (AvgIpc) is 3.58. The Morgan fingerprint density at radius 3 is 2.57 bits per heavy atom. The molecule has 0 aliphatic carbocycles. The maximum atomic E-state index is 12.1. The number of tetrazole rings is 1. The minimum Gasteiger partial charge on any atom is -0.461 e. The van der Waals surface area contributed by atoms with Gasteiger partial charge in [0.25, 0.3) is 0 Å². The first-order valence-electron chi connectivity index (χ1n) is 11.4. The fourth-order valence-corrected chi connectivity index (χ4v) is 3.84. The molecular weight excluding hydrogens is 444 g/mol. The third-order valence-corrected chi connectivity index (χ3v) is 5.58. The number of nitrogens with zero attached hydrogens (tertiary/aromatic N) is 6. The number of aryl methyl sites for hydroxylation is 1. The highest BCUT2D eigenvalue weighted by Gasteiger charge is 2.16. The highest BCUT2D eigenvalue weighted by Crippen LogP contribution is 2.29. The number of hydrogen-bond donors (Lipinski definition) is 2. The number of nitrogens with one attached hydrogen (secondary N) is 2. The summed E-state index contributed by atoms with van der Waals surface area (Å²) in [5.74, 6) is 0.855. The number of ether oxygens (including phenoxy) is 1. The number of carbonyl (C=O) groups excluding carboxylic acids is 1. The maximum absolute atomic E-state index is 12.1. The van der Waals surface area contributed by atoms with Crippen LogP contribution in [0.1, 0.15) is 35.6 Å². The Kier molecular flexibility index (Phi) is 6.16. The van der Waals surface area contributed by atoms with E-state index in [-0.39, 0.29) is 5.69 Å². The molecule has 2 aromatic carbocycles. The summed E-state index contributed by atoms with van der Waals surface area (Å²) in [5, 5.41) is 22.2. The van der Waals surface area contributed by atoms with E-state index >= 15 is 0 Å². The molecule has 10 heteroatoms. The fourth-order valence-electron chi connectivity index (χ4n) is 3.84. The Morgan fingerprint density at radius 2 is 1.86 bits per heavy atom. The maximum Gasteiger partial charge on any atom is 0.358 e. The van der Waals surface area contributed by atoms with Crippen molar-refractivity contribution in [1.29, 1.82) is 0 Å². The summed E-state index contributed by atoms with van der Waals surface area (Å²) in [5.41, 5.74) is 5.83. The fraction of sp³-hybridized carbons (Fsp3) is 0.200. The van der Waals surface area contributed by atoms with Gasteiger partial charge in [-0.05, 0) is 35.2 Å². The van der Waals surface area contributed by atoms with E-state index in [9.17, 15) is 4.79 Å². The van der Waals surface area contributed by atoms with Gasteiger partial charge in [0.2, 0.25) is 5.82 Å². The minimum atomic E-state index is -0.460. The Hall–Kier alpha value is -4.60. The van der Waals surface area contributed by atoms with E-state index in [4.69, 9.17) is 4.74 Å². The van der Waals surface area contributed by atoms with Crippen LogP contribution < -0.4 is 5.32 Å². The van der Waals surface area contributed by atoms with E-state index in [0.29, 0.717) is 24.6 Å². The van der Waals surface area contributed by atoms with Crippen LogP contribution in [0, 0.1) is 0 Å². The number of hydrogen-bond acceptors (Lipinski definition) is 8. The summed E-state index contributed by atoms with van der Waals surface area (Å²) in [6.45, 7) is 4.67. The molecule has 0 aliphatic rings. The molecule has 0 saturated carbocycles. The lowest BCUT2D eigenvalue weighted by molar-refractivity contribution is 0.0519. The molecular formula is C25H24N8O2. The highest BCUT2D eigenvalue weighted by molar-refractivity contribution is 5.88. The molecule has 0 bridgehead atoms. The Labute approximate surface area is 201 Å². The number of carbonyl (C=O) groups is 1.